The Morgan fingerprint density at radius 2 is 1.75 bits per heavy atom. The molecule has 0 aromatic heterocycles. The van der Waals surface area contributed by atoms with Crippen LogP contribution in [-0.4, -0.2) is 18.0 Å². The van der Waals surface area contributed by atoms with E-state index in [9.17, 15) is 4.79 Å². The Balaban J connectivity index is 1.58. The van der Waals surface area contributed by atoms with Crippen molar-refractivity contribution in [1.82, 2.24) is 5.32 Å². The fraction of sp³-hybridized carbons (Fsp3) is 0.588. The highest BCUT2D eigenvalue weighted by Crippen LogP contribution is 2.27. The molecule has 3 rings (SSSR count). The molecule has 1 aromatic rings. The molecule has 0 bridgehead atoms. The van der Waals surface area contributed by atoms with Crippen LogP contribution in [0.1, 0.15) is 55.8 Å². The quantitative estimate of drug-likeness (QED) is 0.879. The number of carbonyl (C=O) groups is 1. The lowest BCUT2D eigenvalue weighted by Crippen LogP contribution is -2.30. The van der Waals surface area contributed by atoms with Gasteiger partial charge in [0.05, 0.1) is 0 Å². The van der Waals surface area contributed by atoms with Gasteiger partial charge in [0, 0.05) is 23.3 Å². The van der Waals surface area contributed by atoms with Crippen molar-refractivity contribution in [1.29, 1.82) is 0 Å². The summed E-state index contributed by atoms with van der Waals surface area (Å²) in [4.78, 5) is 11.9. The minimum atomic E-state index is 0.0603. The van der Waals surface area contributed by atoms with Gasteiger partial charge < -0.3 is 10.6 Å². The Kier molecular flexibility index (Phi) is 3.95. The van der Waals surface area contributed by atoms with Crippen LogP contribution in [0.3, 0.4) is 0 Å². The minimum Gasteiger partial charge on any atom is -0.382 e. The first-order chi connectivity index (χ1) is 9.72. The van der Waals surface area contributed by atoms with Crippen LogP contribution in [0.5, 0.6) is 0 Å². The van der Waals surface area contributed by atoms with Gasteiger partial charge in [-0.05, 0) is 55.9 Å². The Morgan fingerprint density at radius 3 is 2.40 bits per heavy atom. The van der Waals surface area contributed by atoms with E-state index in [1.807, 2.05) is 24.3 Å². The Morgan fingerprint density at radius 1 is 1.05 bits per heavy atom. The van der Waals surface area contributed by atoms with Gasteiger partial charge in [0.15, 0.2) is 0 Å². The molecule has 3 heteroatoms. The molecule has 2 aliphatic rings. The summed E-state index contributed by atoms with van der Waals surface area (Å²) in [5.74, 6) is 0.798. The van der Waals surface area contributed by atoms with Crippen LogP contribution >= 0.6 is 0 Å². The van der Waals surface area contributed by atoms with Crippen molar-refractivity contribution in [2.24, 2.45) is 5.92 Å². The molecule has 0 saturated heterocycles. The molecule has 2 atom stereocenters. The molecule has 2 aliphatic carbocycles. The van der Waals surface area contributed by atoms with Crippen LogP contribution in [0, 0.1) is 5.92 Å². The van der Waals surface area contributed by atoms with Crippen molar-refractivity contribution in [3.8, 4) is 0 Å². The summed E-state index contributed by atoms with van der Waals surface area (Å²) in [6.07, 6.45) is 7.52. The van der Waals surface area contributed by atoms with Crippen molar-refractivity contribution in [3.63, 3.8) is 0 Å². The van der Waals surface area contributed by atoms with Crippen molar-refractivity contribution in [3.05, 3.63) is 29.8 Å². The van der Waals surface area contributed by atoms with E-state index in [0.29, 0.717) is 12.1 Å². The Hall–Kier alpha value is -1.51. The molecule has 108 valence electrons. The second-order valence-electron chi connectivity index (χ2n) is 6.34. The molecule has 1 amide bonds. The van der Waals surface area contributed by atoms with Gasteiger partial charge in [0.1, 0.15) is 0 Å². The molecule has 0 spiro atoms. The molecule has 2 N–H and O–H groups in total. The molecular weight excluding hydrogens is 248 g/mol. The number of amides is 1. The van der Waals surface area contributed by atoms with Gasteiger partial charge >= 0.3 is 0 Å². The zero-order valence-electron chi connectivity index (χ0n) is 12.2. The van der Waals surface area contributed by atoms with E-state index < -0.39 is 0 Å². The van der Waals surface area contributed by atoms with Crippen LogP contribution in [0.2, 0.25) is 0 Å². The maximum atomic E-state index is 11.9. The third-order valence-corrected chi connectivity index (χ3v) is 4.52. The van der Waals surface area contributed by atoms with Gasteiger partial charge in [0.25, 0.3) is 5.91 Å². The first-order valence-electron chi connectivity index (χ1n) is 7.90. The van der Waals surface area contributed by atoms with Crippen molar-refractivity contribution >= 4 is 11.6 Å². The average Bonchev–Trinajstić information content (AvgIpc) is 3.26. The summed E-state index contributed by atoms with van der Waals surface area (Å²) < 4.78 is 0. The summed E-state index contributed by atoms with van der Waals surface area (Å²) in [6, 6.07) is 8.91. The van der Waals surface area contributed by atoms with Crippen molar-refractivity contribution < 1.29 is 4.79 Å². The molecule has 2 saturated carbocycles. The third-order valence-electron chi connectivity index (χ3n) is 4.52. The number of hydrogen-bond donors (Lipinski definition) is 2. The zero-order valence-corrected chi connectivity index (χ0v) is 12.2. The van der Waals surface area contributed by atoms with Crippen molar-refractivity contribution in [2.45, 2.75) is 57.5 Å². The van der Waals surface area contributed by atoms with Crippen molar-refractivity contribution in [2.75, 3.05) is 5.32 Å². The molecule has 2 fully saturated rings. The van der Waals surface area contributed by atoms with Crippen LogP contribution in [-0.2, 0) is 0 Å². The van der Waals surface area contributed by atoms with E-state index in [1.54, 1.807) is 0 Å². The molecular formula is C17H24N2O. The van der Waals surface area contributed by atoms with Gasteiger partial charge in [-0.3, -0.25) is 4.79 Å². The van der Waals surface area contributed by atoms with Crippen LogP contribution in [0.4, 0.5) is 5.69 Å². The number of rotatable bonds is 4. The average molecular weight is 272 g/mol. The SMILES string of the molecule is CC1CCCCC1Nc1ccc(C(=O)NC2CC2)cc1. The highest BCUT2D eigenvalue weighted by atomic mass is 16.1. The summed E-state index contributed by atoms with van der Waals surface area (Å²) in [5, 5.41) is 6.64. The Bertz CT molecular complexity index is 464. The monoisotopic (exact) mass is 272 g/mol. The smallest absolute Gasteiger partial charge is 0.251 e. The van der Waals surface area contributed by atoms with E-state index in [2.05, 4.69) is 17.6 Å². The van der Waals surface area contributed by atoms with E-state index in [1.165, 1.54) is 25.7 Å². The summed E-state index contributed by atoms with van der Waals surface area (Å²) in [6.45, 7) is 2.33. The first kappa shape index (κ1) is 13.5. The summed E-state index contributed by atoms with van der Waals surface area (Å²) >= 11 is 0. The summed E-state index contributed by atoms with van der Waals surface area (Å²) in [7, 11) is 0. The predicted octanol–water partition coefficient (Wildman–Crippen LogP) is 3.57. The second-order valence-corrected chi connectivity index (χ2v) is 6.34. The fourth-order valence-corrected chi connectivity index (χ4v) is 2.96. The molecule has 0 heterocycles. The lowest BCUT2D eigenvalue weighted by molar-refractivity contribution is 0.0951. The molecule has 0 aliphatic heterocycles. The Labute approximate surface area is 121 Å². The number of nitrogens with one attached hydrogen (secondary N) is 2. The molecule has 0 radical (unpaired) electrons. The van der Waals surface area contributed by atoms with E-state index in [-0.39, 0.29) is 5.91 Å². The van der Waals surface area contributed by atoms with Gasteiger partial charge in [-0.25, -0.2) is 0 Å². The molecule has 3 nitrogen and oxygen atoms in total. The number of carbonyl (C=O) groups excluding carboxylic acids is 1. The highest BCUT2D eigenvalue weighted by molar-refractivity contribution is 5.94. The normalized spacial score (nSPS) is 26.1. The highest BCUT2D eigenvalue weighted by Gasteiger charge is 2.24. The zero-order chi connectivity index (χ0) is 13.9. The topological polar surface area (TPSA) is 41.1 Å². The number of anilines is 1. The first-order valence-corrected chi connectivity index (χ1v) is 7.90. The molecule has 20 heavy (non-hydrogen) atoms. The van der Waals surface area contributed by atoms with E-state index in [0.717, 1.165) is 30.0 Å². The largest absolute Gasteiger partial charge is 0.382 e. The van der Waals surface area contributed by atoms with Gasteiger partial charge in [-0.15, -0.1) is 0 Å². The van der Waals surface area contributed by atoms with E-state index >= 15 is 0 Å². The lowest BCUT2D eigenvalue weighted by atomic mass is 9.86. The molecule has 1 aromatic carbocycles. The lowest BCUT2D eigenvalue weighted by Gasteiger charge is -2.30. The van der Waals surface area contributed by atoms with Crippen LogP contribution < -0.4 is 10.6 Å². The fourth-order valence-electron chi connectivity index (χ4n) is 2.96. The van der Waals surface area contributed by atoms with Crippen LogP contribution in [0.15, 0.2) is 24.3 Å². The van der Waals surface area contributed by atoms with Gasteiger partial charge in [0.2, 0.25) is 0 Å². The predicted molar refractivity (Wildman–Crippen MR) is 82.0 cm³/mol. The summed E-state index contributed by atoms with van der Waals surface area (Å²) in [5.41, 5.74) is 1.89. The standard InChI is InChI=1S/C17H24N2O/c1-12-4-2-3-5-16(12)18-14-8-6-13(7-9-14)17(20)19-15-10-11-15/h6-9,12,15-16,18H,2-5,10-11H2,1H3,(H,19,20). The second kappa shape index (κ2) is 5.86. The number of hydrogen-bond acceptors (Lipinski definition) is 2. The minimum absolute atomic E-state index is 0.0603. The van der Waals surface area contributed by atoms with Gasteiger partial charge in [-0.1, -0.05) is 19.8 Å². The van der Waals surface area contributed by atoms with Crippen LogP contribution in [0.25, 0.3) is 0 Å². The van der Waals surface area contributed by atoms with E-state index in [4.69, 9.17) is 0 Å². The third kappa shape index (κ3) is 3.33. The molecule has 2 unspecified atom stereocenters. The maximum absolute atomic E-state index is 11.9. The van der Waals surface area contributed by atoms with Gasteiger partial charge in [-0.2, -0.15) is 0 Å². The maximum Gasteiger partial charge on any atom is 0.251 e. The number of benzene rings is 1.